The van der Waals surface area contributed by atoms with Crippen molar-refractivity contribution >= 4 is 27.6 Å². The fourth-order valence-corrected chi connectivity index (χ4v) is 5.12. The van der Waals surface area contributed by atoms with E-state index in [-0.39, 0.29) is 10.5 Å². The van der Waals surface area contributed by atoms with Gasteiger partial charge in [0.1, 0.15) is 5.75 Å². The number of amides is 1. The Labute approximate surface area is 182 Å². The van der Waals surface area contributed by atoms with E-state index >= 15 is 0 Å². The standard InChI is InChI=1S/C22H26N2O6S/c1-16-10-11-19(29-2)18(14-16)23-21(25)15-30-22(26)17-8-4-5-9-20(17)31(27,28)24-12-6-3-7-13-24/h4-5,8-11,14H,3,6-7,12-13,15H2,1-2H3,(H,23,25). The predicted molar refractivity (Wildman–Crippen MR) is 116 cm³/mol. The van der Waals surface area contributed by atoms with Gasteiger partial charge in [-0.25, -0.2) is 13.2 Å². The molecule has 3 rings (SSSR count). The number of rotatable bonds is 7. The molecule has 0 spiro atoms. The van der Waals surface area contributed by atoms with E-state index in [0.717, 1.165) is 24.8 Å². The van der Waals surface area contributed by atoms with Crippen LogP contribution >= 0.6 is 0 Å². The van der Waals surface area contributed by atoms with Crippen molar-refractivity contribution < 1.29 is 27.5 Å². The number of esters is 1. The topological polar surface area (TPSA) is 102 Å². The Bertz CT molecular complexity index is 1060. The molecule has 1 aliphatic rings. The summed E-state index contributed by atoms with van der Waals surface area (Å²) in [4.78, 5) is 24.8. The summed E-state index contributed by atoms with van der Waals surface area (Å²) >= 11 is 0. The molecule has 0 atom stereocenters. The first kappa shape index (κ1) is 22.8. The number of anilines is 1. The first-order valence-electron chi connectivity index (χ1n) is 10.0. The minimum atomic E-state index is -3.82. The van der Waals surface area contributed by atoms with Crippen LogP contribution in [0.3, 0.4) is 0 Å². The van der Waals surface area contributed by atoms with Gasteiger partial charge >= 0.3 is 5.97 Å². The zero-order chi connectivity index (χ0) is 22.4. The van der Waals surface area contributed by atoms with Gasteiger partial charge in [-0.1, -0.05) is 24.6 Å². The lowest BCUT2D eigenvalue weighted by Gasteiger charge is -2.26. The second-order valence-electron chi connectivity index (χ2n) is 7.29. The maximum absolute atomic E-state index is 13.0. The van der Waals surface area contributed by atoms with Crippen LogP contribution in [0.5, 0.6) is 5.75 Å². The van der Waals surface area contributed by atoms with Gasteiger partial charge in [0.2, 0.25) is 10.0 Å². The van der Waals surface area contributed by atoms with E-state index in [1.54, 1.807) is 24.3 Å². The molecule has 1 N–H and O–H groups in total. The van der Waals surface area contributed by atoms with Crippen molar-refractivity contribution in [1.82, 2.24) is 4.31 Å². The van der Waals surface area contributed by atoms with E-state index in [9.17, 15) is 18.0 Å². The molecule has 0 radical (unpaired) electrons. The number of hydrogen-bond acceptors (Lipinski definition) is 6. The van der Waals surface area contributed by atoms with Crippen molar-refractivity contribution in [2.75, 3.05) is 32.1 Å². The third-order valence-corrected chi connectivity index (χ3v) is 6.96. The molecule has 1 aliphatic heterocycles. The summed E-state index contributed by atoms with van der Waals surface area (Å²) in [5.74, 6) is -0.959. The molecule has 0 aromatic heterocycles. The van der Waals surface area contributed by atoms with Gasteiger partial charge in [0.05, 0.1) is 23.3 Å². The first-order valence-corrected chi connectivity index (χ1v) is 11.5. The summed E-state index contributed by atoms with van der Waals surface area (Å²) in [6.45, 7) is 2.15. The summed E-state index contributed by atoms with van der Waals surface area (Å²) < 4.78 is 37.8. The van der Waals surface area contributed by atoms with Gasteiger partial charge < -0.3 is 14.8 Å². The van der Waals surface area contributed by atoms with E-state index in [2.05, 4.69) is 5.32 Å². The maximum Gasteiger partial charge on any atom is 0.340 e. The highest BCUT2D eigenvalue weighted by Gasteiger charge is 2.30. The number of carbonyl (C=O) groups excluding carboxylic acids is 2. The minimum absolute atomic E-state index is 0.0889. The number of aryl methyl sites for hydroxylation is 1. The Morgan fingerprint density at radius 3 is 2.48 bits per heavy atom. The highest BCUT2D eigenvalue weighted by Crippen LogP contribution is 2.26. The molecular formula is C22H26N2O6S. The SMILES string of the molecule is COc1ccc(C)cc1NC(=O)COC(=O)c1ccccc1S(=O)(=O)N1CCCCC1. The van der Waals surface area contributed by atoms with Crippen molar-refractivity contribution in [3.8, 4) is 5.75 Å². The van der Waals surface area contributed by atoms with Gasteiger partial charge in [-0.15, -0.1) is 0 Å². The molecular weight excluding hydrogens is 420 g/mol. The van der Waals surface area contributed by atoms with Crippen LogP contribution in [-0.2, 0) is 19.6 Å². The van der Waals surface area contributed by atoms with Gasteiger partial charge in [-0.2, -0.15) is 4.31 Å². The predicted octanol–water partition coefficient (Wildman–Crippen LogP) is 2.97. The Kier molecular flexibility index (Phi) is 7.29. The summed E-state index contributed by atoms with van der Waals surface area (Å²) in [5, 5.41) is 2.64. The average molecular weight is 447 g/mol. The van der Waals surface area contributed by atoms with E-state index in [1.165, 1.54) is 23.5 Å². The Hall–Kier alpha value is -2.91. The number of piperidine rings is 1. The van der Waals surface area contributed by atoms with Crippen molar-refractivity contribution in [2.24, 2.45) is 0 Å². The maximum atomic E-state index is 13.0. The van der Waals surface area contributed by atoms with Crippen LogP contribution in [0.2, 0.25) is 0 Å². The molecule has 2 aromatic carbocycles. The van der Waals surface area contributed by atoms with E-state index < -0.39 is 28.5 Å². The number of ether oxygens (including phenoxy) is 2. The lowest BCUT2D eigenvalue weighted by molar-refractivity contribution is -0.119. The molecule has 0 bridgehead atoms. The second kappa shape index (κ2) is 9.93. The number of carbonyl (C=O) groups is 2. The fraction of sp³-hybridized carbons (Fsp3) is 0.364. The monoisotopic (exact) mass is 446 g/mol. The van der Waals surface area contributed by atoms with E-state index in [0.29, 0.717) is 24.5 Å². The highest BCUT2D eigenvalue weighted by molar-refractivity contribution is 7.89. The number of sulfonamides is 1. The van der Waals surface area contributed by atoms with Crippen molar-refractivity contribution in [1.29, 1.82) is 0 Å². The average Bonchev–Trinajstić information content (AvgIpc) is 2.78. The third kappa shape index (κ3) is 5.42. The Morgan fingerprint density at radius 1 is 1.06 bits per heavy atom. The number of hydrogen-bond donors (Lipinski definition) is 1. The molecule has 0 saturated carbocycles. The highest BCUT2D eigenvalue weighted by atomic mass is 32.2. The van der Waals surface area contributed by atoms with Crippen LogP contribution in [0.15, 0.2) is 47.4 Å². The fourth-order valence-electron chi connectivity index (χ4n) is 3.42. The molecule has 166 valence electrons. The number of nitrogens with zero attached hydrogens (tertiary/aromatic N) is 1. The molecule has 9 heteroatoms. The quantitative estimate of drug-likeness (QED) is 0.656. The number of nitrogens with one attached hydrogen (secondary N) is 1. The van der Waals surface area contributed by atoms with Crippen molar-refractivity contribution in [3.05, 3.63) is 53.6 Å². The van der Waals surface area contributed by atoms with Crippen molar-refractivity contribution in [2.45, 2.75) is 31.1 Å². The smallest absolute Gasteiger partial charge is 0.340 e. The first-order chi connectivity index (χ1) is 14.8. The Balaban J connectivity index is 1.70. The molecule has 2 aromatic rings. The van der Waals surface area contributed by atoms with Gasteiger partial charge in [0.25, 0.3) is 5.91 Å². The lowest BCUT2D eigenvalue weighted by Crippen LogP contribution is -2.36. The molecule has 31 heavy (non-hydrogen) atoms. The van der Waals surface area contributed by atoms with Crippen molar-refractivity contribution in [3.63, 3.8) is 0 Å². The van der Waals surface area contributed by atoms with E-state index in [1.807, 2.05) is 13.0 Å². The third-order valence-electron chi connectivity index (χ3n) is 5.00. The summed E-state index contributed by atoms with van der Waals surface area (Å²) in [6, 6.07) is 11.2. The summed E-state index contributed by atoms with van der Waals surface area (Å²) in [5.41, 5.74) is 1.29. The van der Waals surface area contributed by atoms with Crippen LogP contribution in [-0.4, -0.2) is 51.4 Å². The molecule has 1 heterocycles. The normalized spacial score (nSPS) is 14.6. The minimum Gasteiger partial charge on any atom is -0.495 e. The largest absolute Gasteiger partial charge is 0.495 e. The van der Waals surface area contributed by atoms with Crippen LogP contribution in [0.1, 0.15) is 35.2 Å². The number of benzene rings is 2. The van der Waals surface area contributed by atoms with Crippen LogP contribution in [0.4, 0.5) is 5.69 Å². The lowest BCUT2D eigenvalue weighted by atomic mass is 10.2. The van der Waals surface area contributed by atoms with Gasteiger partial charge in [0, 0.05) is 13.1 Å². The molecule has 1 saturated heterocycles. The molecule has 0 aliphatic carbocycles. The van der Waals surface area contributed by atoms with E-state index in [4.69, 9.17) is 9.47 Å². The van der Waals surface area contributed by atoms with Gasteiger partial charge in [0.15, 0.2) is 6.61 Å². The zero-order valence-corrected chi connectivity index (χ0v) is 18.4. The number of methoxy groups -OCH3 is 1. The molecule has 8 nitrogen and oxygen atoms in total. The Morgan fingerprint density at radius 2 is 1.77 bits per heavy atom. The van der Waals surface area contributed by atoms with Crippen LogP contribution in [0.25, 0.3) is 0 Å². The zero-order valence-electron chi connectivity index (χ0n) is 17.6. The summed E-state index contributed by atoms with van der Waals surface area (Å²) in [6.07, 6.45) is 2.55. The van der Waals surface area contributed by atoms with Crippen LogP contribution < -0.4 is 10.1 Å². The van der Waals surface area contributed by atoms with Gasteiger partial charge in [-0.3, -0.25) is 4.79 Å². The van der Waals surface area contributed by atoms with Crippen LogP contribution in [0, 0.1) is 6.92 Å². The van der Waals surface area contributed by atoms with Gasteiger partial charge in [-0.05, 0) is 49.6 Å². The molecule has 1 fully saturated rings. The summed E-state index contributed by atoms with van der Waals surface area (Å²) in [7, 11) is -2.34. The molecule has 0 unspecified atom stereocenters. The molecule has 1 amide bonds. The second-order valence-corrected chi connectivity index (χ2v) is 9.20.